The number of rotatable bonds is 8. The molecule has 1 saturated heterocycles. The Bertz CT molecular complexity index is 1140. The fourth-order valence-electron chi connectivity index (χ4n) is 5.18. The van der Waals surface area contributed by atoms with Gasteiger partial charge in [-0.1, -0.05) is 45.0 Å². The molecule has 0 aromatic heterocycles. The summed E-state index contributed by atoms with van der Waals surface area (Å²) in [6.07, 6.45) is 0.290. The van der Waals surface area contributed by atoms with Crippen molar-refractivity contribution in [3.8, 4) is 0 Å². The second kappa shape index (κ2) is 12.4. The van der Waals surface area contributed by atoms with Crippen LogP contribution < -0.4 is 10.6 Å². The number of piperidine rings is 1. The summed E-state index contributed by atoms with van der Waals surface area (Å²) in [6, 6.07) is 10.8. The number of carbonyl (C=O) groups excluding carboxylic acids is 2. The summed E-state index contributed by atoms with van der Waals surface area (Å²) in [5.74, 6) is -1.77. The van der Waals surface area contributed by atoms with E-state index in [-0.39, 0.29) is 30.3 Å². The molecule has 3 amide bonds. The smallest absolute Gasteiger partial charge is 0.319 e. The molecule has 0 saturated carbocycles. The summed E-state index contributed by atoms with van der Waals surface area (Å²) in [5.41, 5.74) is 2.01. The van der Waals surface area contributed by atoms with E-state index in [9.17, 15) is 23.5 Å². The van der Waals surface area contributed by atoms with Gasteiger partial charge in [-0.3, -0.25) is 4.79 Å². The number of nitrogens with one attached hydrogen (secondary N) is 2. The molecule has 1 aliphatic heterocycles. The molecule has 39 heavy (non-hydrogen) atoms. The van der Waals surface area contributed by atoms with Crippen molar-refractivity contribution in [3.63, 3.8) is 0 Å². The zero-order valence-electron chi connectivity index (χ0n) is 23.9. The van der Waals surface area contributed by atoms with Crippen molar-refractivity contribution in [1.82, 2.24) is 20.4 Å². The Hall–Kier alpha value is -3.04. The van der Waals surface area contributed by atoms with Crippen LogP contribution in [0.2, 0.25) is 0 Å². The number of benzene rings is 2. The first-order valence-electron chi connectivity index (χ1n) is 13.4. The number of hydrogen-bond donors (Lipinski definition) is 3. The Labute approximate surface area is 230 Å². The van der Waals surface area contributed by atoms with Crippen LogP contribution in [0, 0.1) is 11.6 Å². The van der Waals surface area contributed by atoms with Gasteiger partial charge in [0.25, 0.3) is 0 Å². The molecule has 1 fully saturated rings. The molecule has 0 aliphatic carbocycles. The molecule has 2 aromatic carbocycles. The summed E-state index contributed by atoms with van der Waals surface area (Å²) in [6.45, 7) is 9.01. The van der Waals surface area contributed by atoms with E-state index in [1.54, 1.807) is 19.0 Å². The number of likely N-dealkylation sites (tertiary alicyclic amines) is 1. The molecule has 2 atom stereocenters. The van der Waals surface area contributed by atoms with Crippen molar-refractivity contribution in [2.45, 2.75) is 70.1 Å². The van der Waals surface area contributed by atoms with Gasteiger partial charge < -0.3 is 25.5 Å². The maximum absolute atomic E-state index is 13.8. The molecule has 214 valence electrons. The van der Waals surface area contributed by atoms with Gasteiger partial charge in [0.1, 0.15) is 11.6 Å². The Morgan fingerprint density at radius 3 is 2.23 bits per heavy atom. The molecular weight excluding hydrogens is 502 g/mol. The topological polar surface area (TPSA) is 84.9 Å². The summed E-state index contributed by atoms with van der Waals surface area (Å²) in [4.78, 5) is 27.9. The van der Waals surface area contributed by atoms with Crippen molar-refractivity contribution in [1.29, 1.82) is 0 Å². The average Bonchev–Trinajstić information content (AvgIpc) is 2.85. The lowest BCUT2D eigenvalue weighted by molar-refractivity contribution is -0.120. The van der Waals surface area contributed by atoms with E-state index in [4.69, 9.17) is 0 Å². The third-order valence-electron chi connectivity index (χ3n) is 7.43. The molecule has 0 spiro atoms. The minimum atomic E-state index is -1.04. The largest absolute Gasteiger partial charge is 0.390 e. The van der Waals surface area contributed by atoms with E-state index >= 15 is 0 Å². The lowest BCUT2D eigenvalue weighted by atomic mass is 9.77. The monoisotopic (exact) mass is 544 g/mol. The highest BCUT2D eigenvalue weighted by atomic mass is 19.1. The minimum absolute atomic E-state index is 0.0416. The highest BCUT2D eigenvalue weighted by molar-refractivity contribution is 5.74. The summed E-state index contributed by atoms with van der Waals surface area (Å²) in [5, 5.41) is 17.5. The minimum Gasteiger partial charge on any atom is -0.390 e. The van der Waals surface area contributed by atoms with Crippen LogP contribution in [0.4, 0.5) is 13.6 Å². The van der Waals surface area contributed by atoms with Gasteiger partial charge in [0.2, 0.25) is 5.91 Å². The number of aliphatic hydroxyl groups is 1. The zero-order chi connectivity index (χ0) is 29.0. The summed E-state index contributed by atoms with van der Waals surface area (Å²) < 4.78 is 27.6. The Morgan fingerprint density at radius 1 is 1.08 bits per heavy atom. The van der Waals surface area contributed by atoms with E-state index in [0.29, 0.717) is 31.5 Å². The van der Waals surface area contributed by atoms with Crippen LogP contribution in [0.25, 0.3) is 0 Å². The fraction of sp³-hybridized carbons (Fsp3) is 0.533. The molecule has 0 unspecified atom stereocenters. The first kappa shape index (κ1) is 30.5. The third-order valence-corrected chi connectivity index (χ3v) is 7.43. The number of halogens is 2. The lowest BCUT2D eigenvalue weighted by Crippen LogP contribution is -2.57. The number of aliphatic hydroxyl groups excluding tert-OH is 1. The maximum Gasteiger partial charge on any atom is 0.319 e. The molecule has 7 nitrogen and oxygen atoms in total. The number of carbonyl (C=O) groups is 2. The molecule has 1 heterocycles. The SMILES string of the molecule is CC(=O)N[C@H](Cc1cc(F)cc(F)c1)[C@H](O)CNC1(c2cccc(C(C)(C)C)c2)CCN(C(=O)N(C)C)CC1. The van der Waals surface area contributed by atoms with Crippen LogP contribution in [-0.4, -0.2) is 72.7 Å². The molecule has 9 heteroatoms. The van der Waals surface area contributed by atoms with Gasteiger partial charge in [0.15, 0.2) is 0 Å². The fourth-order valence-corrected chi connectivity index (χ4v) is 5.18. The summed E-state index contributed by atoms with van der Waals surface area (Å²) in [7, 11) is 3.47. The van der Waals surface area contributed by atoms with Gasteiger partial charge in [-0.15, -0.1) is 0 Å². The molecular formula is C30H42F2N4O3. The van der Waals surface area contributed by atoms with Crippen molar-refractivity contribution >= 4 is 11.9 Å². The second-order valence-corrected chi connectivity index (χ2v) is 11.8. The number of hydrogen-bond acceptors (Lipinski definition) is 4. The Balaban J connectivity index is 1.86. The van der Waals surface area contributed by atoms with Gasteiger partial charge in [0, 0.05) is 52.3 Å². The van der Waals surface area contributed by atoms with Gasteiger partial charge >= 0.3 is 6.03 Å². The lowest BCUT2D eigenvalue weighted by Gasteiger charge is -2.44. The second-order valence-electron chi connectivity index (χ2n) is 11.8. The van der Waals surface area contributed by atoms with E-state index < -0.39 is 29.3 Å². The number of nitrogens with zero attached hydrogens (tertiary/aromatic N) is 2. The molecule has 3 N–H and O–H groups in total. The van der Waals surface area contributed by atoms with E-state index in [2.05, 4.69) is 49.6 Å². The van der Waals surface area contributed by atoms with E-state index in [0.717, 1.165) is 11.6 Å². The van der Waals surface area contributed by atoms with Crippen LogP contribution >= 0.6 is 0 Å². The zero-order valence-corrected chi connectivity index (χ0v) is 23.9. The van der Waals surface area contributed by atoms with Crippen molar-refractivity contribution in [2.75, 3.05) is 33.7 Å². The standard InChI is InChI=1S/C30H42F2N4O3/c1-20(37)34-26(16-21-14-24(31)18-25(32)15-21)27(38)19-33-30(10-12-36(13-11-30)28(39)35(5)6)23-9-7-8-22(17-23)29(2,3)4/h7-9,14-15,17-18,26-27,33,38H,10-13,16,19H2,1-6H3,(H,34,37)/t26-,27-/m1/s1. The molecule has 0 radical (unpaired) electrons. The predicted octanol–water partition coefficient (Wildman–Crippen LogP) is 3.93. The van der Waals surface area contributed by atoms with Crippen molar-refractivity contribution in [2.24, 2.45) is 0 Å². The highest BCUT2D eigenvalue weighted by Gasteiger charge is 2.39. The summed E-state index contributed by atoms with van der Waals surface area (Å²) >= 11 is 0. The van der Waals surface area contributed by atoms with E-state index in [1.165, 1.54) is 24.6 Å². The molecule has 3 rings (SSSR count). The van der Waals surface area contributed by atoms with Crippen LogP contribution in [-0.2, 0) is 22.2 Å². The van der Waals surface area contributed by atoms with Gasteiger partial charge in [-0.25, -0.2) is 13.6 Å². The van der Waals surface area contributed by atoms with Crippen LogP contribution in [0.3, 0.4) is 0 Å². The molecule has 2 aromatic rings. The molecule has 0 bridgehead atoms. The first-order valence-corrected chi connectivity index (χ1v) is 13.4. The normalized spacial score (nSPS) is 16.9. The number of amides is 3. The first-order chi connectivity index (χ1) is 18.2. The van der Waals surface area contributed by atoms with Crippen LogP contribution in [0.5, 0.6) is 0 Å². The highest BCUT2D eigenvalue weighted by Crippen LogP contribution is 2.36. The van der Waals surface area contributed by atoms with Crippen LogP contribution in [0.15, 0.2) is 42.5 Å². The van der Waals surface area contributed by atoms with E-state index in [1.807, 2.05) is 11.0 Å². The van der Waals surface area contributed by atoms with Gasteiger partial charge in [0.05, 0.1) is 12.1 Å². The molecule has 1 aliphatic rings. The van der Waals surface area contributed by atoms with Crippen LogP contribution in [0.1, 0.15) is 57.2 Å². The third kappa shape index (κ3) is 7.99. The Kier molecular flexibility index (Phi) is 9.72. The van der Waals surface area contributed by atoms with Crippen molar-refractivity contribution < 1.29 is 23.5 Å². The average molecular weight is 545 g/mol. The quantitative estimate of drug-likeness (QED) is 0.470. The van der Waals surface area contributed by atoms with Crippen molar-refractivity contribution in [3.05, 3.63) is 70.8 Å². The van der Waals surface area contributed by atoms with Gasteiger partial charge in [-0.05, 0) is 53.5 Å². The Morgan fingerprint density at radius 2 is 1.69 bits per heavy atom. The maximum atomic E-state index is 13.8. The van der Waals surface area contributed by atoms with Gasteiger partial charge in [-0.2, -0.15) is 0 Å². The number of urea groups is 1. The predicted molar refractivity (Wildman–Crippen MR) is 148 cm³/mol.